The Bertz CT molecular complexity index is 257. The number of hydrogen-bond acceptors (Lipinski definition) is 2. The second-order valence-electron chi connectivity index (χ2n) is 3.55. The molecule has 1 aliphatic rings. The van der Waals surface area contributed by atoms with Gasteiger partial charge in [-0.1, -0.05) is 0 Å². The smallest absolute Gasteiger partial charge is 0.0371 e. The summed E-state index contributed by atoms with van der Waals surface area (Å²) in [6.45, 7) is 1.03. The fourth-order valence-corrected chi connectivity index (χ4v) is 2.06. The van der Waals surface area contributed by atoms with Crippen LogP contribution < -0.4 is 5.32 Å². The van der Waals surface area contributed by atoms with Crippen LogP contribution in [0.5, 0.6) is 0 Å². The Kier molecular flexibility index (Phi) is 2.69. The summed E-state index contributed by atoms with van der Waals surface area (Å²) < 4.78 is 0. The highest BCUT2D eigenvalue weighted by molar-refractivity contribution is 6.21. The zero-order valence-electron chi connectivity index (χ0n) is 7.41. The van der Waals surface area contributed by atoms with E-state index in [2.05, 4.69) is 10.3 Å². The van der Waals surface area contributed by atoms with Gasteiger partial charge in [0.1, 0.15) is 0 Å². The Hall–Kier alpha value is -0.760. The molecule has 13 heavy (non-hydrogen) atoms. The van der Waals surface area contributed by atoms with E-state index in [1.165, 1.54) is 0 Å². The molecule has 1 N–H and O–H groups in total. The van der Waals surface area contributed by atoms with Gasteiger partial charge in [0, 0.05) is 30.0 Å². The van der Waals surface area contributed by atoms with E-state index in [1.54, 1.807) is 12.4 Å². The lowest BCUT2D eigenvalue weighted by atomic mass is 9.85. The molecule has 0 unspecified atom stereocenters. The van der Waals surface area contributed by atoms with Gasteiger partial charge in [0.05, 0.1) is 0 Å². The number of alkyl halides is 1. The summed E-state index contributed by atoms with van der Waals surface area (Å²) in [4.78, 5) is 3.96. The summed E-state index contributed by atoms with van der Waals surface area (Å²) in [6.07, 6.45) is 5.90. The third kappa shape index (κ3) is 2.34. The standard InChI is InChI=1S/C10H13ClN2/c11-9-5-8(6-9)7-13-10-1-3-12-4-2-10/h1-4,8-9H,5-7H2,(H,12,13). The number of anilines is 1. The summed E-state index contributed by atoms with van der Waals surface area (Å²) in [6, 6.07) is 3.97. The lowest BCUT2D eigenvalue weighted by Crippen LogP contribution is -2.29. The highest BCUT2D eigenvalue weighted by atomic mass is 35.5. The van der Waals surface area contributed by atoms with Gasteiger partial charge in [0.2, 0.25) is 0 Å². The summed E-state index contributed by atoms with van der Waals surface area (Å²) in [5.41, 5.74) is 1.15. The molecule has 2 rings (SSSR count). The van der Waals surface area contributed by atoms with Crippen LogP contribution in [0.3, 0.4) is 0 Å². The van der Waals surface area contributed by atoms with Crippen LogP contribution in [0.2, 0.25) is 0 Å². The van der Waals surface area contributed by atoms with Crippen molar-refractivity contribution in [3.63, 3.8) is 0 Å². The minimum atomic E-state index is 0.421. The fraction of sp³-hybridized carbons (Fsp3) is 0.500. The van der Waals surface area contributed by atoms with Gasteiger partial charge < -0.3 is 5.32 Å². The van der Waals surface area contributed by atoms with Gasteiger partial charge in [-0.15, -0.1) is 11.6 Å². The molecule has 0 spiro atoms. The van der Waals surface area contributed by atoms with Crippen LogP contribution in [0, 0.1) is 5.92 Å². The van der Waals surface area contributed by atoms with Crippen LogP contribution in [0.25, 0.3) is 0 Å². The first-order valence-electron chi connectivity index (χ1n) is 4.62. The topological polar surface area (TPSA) is 24.9 Å². The van der Waals surface area contributed by atoms with Crippen molar-refractivity contribution in [2.45, 2.75) is 18.2 Å². The second kappa shape index (κ2) is 3.97. The van der Waals surface area contributed by atoms with Crippen LogP contribution in [-0.2, 0) is 0 Å². The van der Waals surface area contributed by atoms with Gasteiger partial charge in [-0.05, 0) is 30.9 Å². The van der Waals surface area contributed by atoms with Crippen LogP contribution in [0.4, 0.5) is 5.69 Å². The number of rotatable bonds is 3. The van der Waals surface area contributed by atoms with Crippen molar-refractivity contribution < 1.29 is 0 Å². The molecule has 0 amide bonds. The average molecular weight is 197 g/mol. The molecule has 1 aromatic rings. The highest BCUT2D eigenvalue weighted by Crippen LogP contribution is 2.31. The lowest BCUT2D eigenvalue weighted by molar-refractivity contribution is 0.341. The molecule has 70 valence electrons. The second-order valence-corrected chi connectivity index (χ2v) is 4.17. The maximum Gasteiger partial charge on any atom is 0.0371 e. The Balaban J connectivity index is 1.74. The van der Waals surface area contributed by atoms with Crippen molar-refractivity contribution in [3.05, 3.63) is 24.5 Å². The van der Waals surface area contributed by atoms with E-state index in [0.29, 0.717) is 5.38 Å². The highest BCUT2D eigenvalue weighted by Gasteiger charge is 2.26. The van der Waals surface area contributed by atoms with E-state index < -0.39 is 0 Å². The Morgan fingerprint density at radius 1 is 1.38 bits per heavy atom. The third-order valence-electron chi connectivity index (χ3n) is 2.45. The van der Waals surface area contributed by atoms with E-state index >= 15 is 0 Å². The van der Waals surface area contributed by atoms with Gasteiger partial charge in [-0.25, -0.2) is 0 Å². The number of nitrogens with zero attached hydrogens (tertiary/aromatic N) is 1. The molecular weight excluding hydrogens is 184 g/mol. The molecule has 0 aliphatic heterocycles. The van der Waals surface area contributed by atoms with Crippen molar-refractivity contribution in [3.8, 4) is 0 Å². The van der Waals surface area contributed by atoms with Gasteiger partial charge in [0.25, 0.3) is 0 Å². The number of nitrogens with one attached hydrogen (secondary N) is 1. The molecule has 1 fully saturated rings. The zero-order valence-corrected chi connectivity index (χ0v) is 8.17. The number of pyridine rings is 1. The molecule has 1 aromatic heterocycles. The van der Waals surface area contributed by atoms with Crippen LogP contribution in [0.1, 0.15) is 12.8 Å². The van der Waals surface area contributed by atoms with Crippen LogP contribution in [0.15, 0.2) is 24.5 Å². The molecule has 3 heteroatoms. The SMILES string of the molecule is ClC1CC(CNc2ccncc2)C1. The number of halogens is 1. The molecule has 0 aromatic carbocycles. The van der Waals surface area contributed by atoms with Crippen LogP contribution >= 0.6 is 11.6 Å². The first kappa shape index (κ1) is 8.82. The maximum absolute atomic E-state index is 5.89. The third-order valence-corrected chi connectivity index (χ3v) is 2.81. The molecular formula is C10H13ClN2. The monoisotopic (exact) mass is 196 g/mol. The molecule has 0 saturated heterocycles. The van der Waals surface area contributed by atoms with Crippen LogP contribution in [-0.4, -0.2) is 16.9 Å². The molecule has 2 nitrogen and oxygen atoms in total. The minimum Gasteiger partial charge on any atom is -0.385 e. The molecule has 1 heterocycles. The fourth-order valence-electron chi connectivity index (χ4n) is 1.55. The van der Waals surface area contributed by atoms with Gasteiger partial charge in [-0.3, -0.25) is 4.98 Å². The van der Waals surface area contributed by atoms with Crippen molar-refractivity contribution in [2.24, 2.45) is 5.92 Å². The van der Waals surface area contributed by atoms with Crippen molar-refractivity contribution in [1.82, 2.24) is 4.98 Å². The summed E-state index contributed by atoms with van der Waals surface area (Å²) in [7, 11) is 0. The quantitative estimate of drug-likeness (QED) is 0.752. The summed E-state index contributed by atoms with van der Waals surface area (Å²) in [5, 5.41) is 3.79. The Morgan fingerprint density at radius 3 is 2.69 bits per heavy atom. The largest absolute Gasteiger partial charge is 0.385 e. The first-order valence-corrected chi connectivity index (χ1v) is 5.06. The zero-order chi connectivity index (χ0) is 9.10. The van der Waals surface area contributed by atoms with Gasteiger partial charge in [-0.2, -0.15) is 0 Å². The molecule has 0 radical (unpaired) electrons. The maximum atomic E-state index is 5.89. The van der Waals surface area contributed by atoms with E-state index in [0.717, 1.165) is 31.0 Å². The first-order chi connectivity index (χ1) is 6.34. The van der Waals surface area contributed by atoms with Gasteiger partial charge in [0.15, 0.2) is 0 Å². The van der Waals surface area contributed by atoms with E-state index in [1.807, 2.05) is 12.1 Å². The minimum absolute atomic E-state index is 0.421. The lowest BCUT2D eigenvalue weighted by Gasteiger charge is -2.31. The van der Waals surface area contributed by atoms with E-state index in [-0.39, 0.29) is 0 Å². The predicted molar refractivity (Wildman–Crippen MR) is 55.1 cm³/mol. The summed E-state index contributed by atoms with van der Waals surface area (Å²) >= 11 is 5.89. The normalized spacial score (nSPS) is 26.5. The predicted octanol–water partition coefficient (Wildman–Crippen LogP) is 2.51. The van der Waals surface area contributed by atoms with E-state index in [4.69, 9.17) is 11.6 Å². The van der Waals surface area contributed by atoms with Crippen molar-refractivity contribution in [2.75, 3.05) is 11.9 Å². The molecule has 0 atom stereocenters. The Morgan fingerprint density at radius 2 is 2.08 bits per heavy atom. The molecule has 0 bridgehead atoms. The van der Waals surface area contributed by atoms with E-state index in [9.17, 15) is 0 Å². The van der Waals surface area contributed by atoms with Gasteiger partial charge >= 0.3 is 0 Å². The average Bonchev–Trinajstić information content (AvgIpc) is 2.12. The Labute approximate surface area is 83.3 Å². The number of hydrogen-bond donors (Lipinski definition) is 1. The number of aromatic nitrogens is 1. The van der Waals surface area contributed by atoms with Crippen molar-refractivity contribution in [1.29, 1.82) is 0 Å². The van der Waals surface area contributed by atoms with Crippen molar-refractivity contribution >= 4 is 17.3 Å². The molecule has 1 saturated carbocycles. The summed E-state index contributed by atoms with van der Waals surface area (Å²) in [5.74, 6) is 0.760. The molecule has 1 aliphatic carbocycles.